The van der Waals surface area contributed by atoms with E-state index in [2.05, 4.69) is 19.5 Å². The van der Waals surface area contributed by atoms with Crippen LogP contribution in [0.1, 0.15) is 12.1 Å². The molecule has 1 aliphatic heterocycles. The zero-order chi connectivity index (χ0) is 18.4. The number of aliphatic hydroxyl groups excluding tert-OH is 3. The number of aromatic amines is 1. The first kappa shape index (κ1) is 18.1. The predicted octanol–water partition coefficient (Wildman–Crippen LogP) is -2.66. The van der Waals surface area contributed by atoms with Crippen LogP contribution >= 0.6 is 7.82 Å². The highest BCUT2D eigenvalue weighted by Crippen LogP contribution is 2.38. The summed E-state index contributed by atoms with van der Waals surface area (Å²) in [6, 6.07) is 0. The second-order valence-electron chi connectivity index (χ2n) is 5.33. The summed E-state index contributed by atoms with van der Waals surface area (Å²) in [7, 11) is -4.78. The summed E-state index contributed by atoms with van der Waals surface area (Å²) in [5.74, 6) is -0.0336. The monoisotopic (exact) mass is 378 g/mol. The third kappa shape index (κ3) is 3.49. The molecule has 0 saturated carbocycles. The van der Waals surface area contributed by atoms with E-state index in [0.29, 0.717) is 0 Å². The van der Waals surface area contributed by atoms with Crippen molar-refractivity contribution in [3.8, 4) is 0 Å². The highest BCUT2D eigenvalue weighted by molar-refractivity contribution is 7.46. The van der Waals surface area contributed by atoms with Gasteiger partial charge in [0.05, 0.1) is 12.9 Å². The number of nitrogens with one attached hydrogen (secondary N) is 1. The van der Waals surface area contributed by atoms with Crippen molar-refractivity contribution in [1.29, 1.82) is 0 Å². The van der Waals surface area contributed by atoms with Gasteiger partial charge in [0.1, 0.15) is 30.7 Å². The third-order valence-electron chi connectivity index (χ3n) is 3.65. The van der Waals surface area contributed by atoms with Crippen LogP contribution in [-0.4, -0.2) is 69.5 Å². The molecule has 0 aliphatic carbocycles. The molecule has 4 atom stereocenters. The number of rotatable bonds is 5. The predicted molar refractivity (Wildman–Crippen MR) is 78.0 cm³/mol. The smallest absolute Gasteiger partial charge is 0.388 e. The van der Waals surface area contributed by atoms with Gasteiger partial charge >= 0.3 is 7.82 Å². The van der Waals surface area contributed by atoms with Crippen LogP contribution < -0.4 is 5.56 Å². The molecule has 0 aromatic carbocycles. The molecule has 2 aromatic rings. The molecule has 2 aromatic heterocycles. The lowest BCUT2D eigenvalue weighted by atomic mass is 10.1. The lowest BCUT2D eigenvalue weighted by Crippen LogP contribution is -2.33. The normalized spacial score (nSPS) is 27.2. The van der Waals surface area contributed by atoms with Crippen LogP contribution in [0.25, 0.3) is 11.2 Å². The van der Waals surface area contributed by atoms with Gasteiger partial charge in [0.2, 0.25) is 0 Å². The molecule has 138 valence electrons. The highest BCUT2D eigenvalue weighted by atomic mass is 31.2. The van der Waals surface area contributed by atoms with E-state index in [0.717, 1.165) is 6.33 Å². The SMILES string of the molecule is O=c1[nH]c(CO)nc2c1ncn2C1OC(COP(=O)(O)O)C(O)C1O. The van der Waals surface area contributed by atoms with Gasteiger partial charge in [0, 0.05) is 0 Å². The van der Waals surface area contributed by atoms with Gasteiger partial charge in [-0.1, -0.05) is 0 Å². The summed E-state index contributed by atoms with van der Waals surface area (Å²) in [6.45, 7) is -1.20. The number of aromatic nitrogens is 4. The van der Waals surface area contributed by atoms with Crippen molar-refractivity contribution in [3.05, 3.63) is 22.5 Å². The minimum Gasteiger partial charge on any atom is -0.388 e. The first-order chi connectivity index (χ1) is 11.7. The Morgan fingerprint density at radius 1 is 1.36 bits per heavy atom. The van der Waals surface area contributed by atoms with Crippen molar-refractivity contribution >= 4 is 19.0 Å². The summed E-state index contributed by atoms with van der Waals surface area (Å²) in [5, 5.41) is 29.3. The molecule has 6 N–H and O–H groups in total. The number of nitrogens with zero attached hydrogens (tertiary/aromatic N) is 3. The van der Waals surface area contributed by atoms with Gasteiger partial charge in [-0.3, -0.25) is 13.9 Å². The Kier molecular flexibility index (Phi) is 4.74. The average Bonchev–Trinajstić information content (AvgIpc) is 3.08. The Labute approximate surface area is 138 Å². The van der Waals surface area contributed by atoms with E-state index >= 15 is 0 Å². The van der Waals surface area contributed by atoms with E-state index in [4.69, 9.17) is 19.6 Å². The summed E-state index contributed by atoms with van der Waals surface area (Å²) in [6.07, 6.45) is -4.31. The van der Waals surface area contributed by atoms with Crippen LogP contribution in [0.3, 0.4) is 0 Å². The van der Waals surface area contributed by atoms with Crippen molar-refractivity contribution in [3.63, 3.8) is 0 Å². The average molecular weight is 378 g/mol. The number of ether oxygens (including phenoxy) is 1. The second-order valence-corrected chi connectivity index (χ2v) is 6.57. The maximum absolute atomic E-state index is 11.9. The van der Waals surface area contributed by atoms with E-state index in [1.807, 2.05) is 0 Å². The lowest BCUT2D eigenvalue weighted by Gasteiger charge is -2.16. The Balaban J connectivity index is 1.91. The minimum absolute atomic E-state index is 0.000562. The Hall–Kier alpha value is -1.70. The van der Waals surface area contributed by atoms with Gasteiger partial charge in [-0.15, -0.1) is 0 Å². The molecular weight excluding hydrogens is 363 g/mol. The summed E-state index contributed by atoms with van der Waals surface area (Å²) in [5.41, 5.74) is -0.680. The summed E-state index contributed by atoms with van der Waals surface area (Å²) in [4.78, 5) is 39.5. The minimum atomic E-state index is -4.78. The fourth-order valence-corrected chi connectivity index (χ4v) is 2.84. The number of fused-ring (bicyclic) bond motifs is 1. The van der Waals surface area contributed by atoms with Gasteiger partial charge in [-0.2, -0.15) is 0 Å². The van der Waals surface area contributed by atoms with Gasteiger partial charge in [0.15, 0.2) is 17.4 Å². The zero-order valence-electron chi connectivity index (χ0n) is 12.5. The van der Waals surface area contributed by atoms with E-state index in [-0.39, 0.29) is 17.0 Å². The molecule has 3 heterocycles. The molecule has 1 fully saturated rings. The zero-order valence-corrected chi connectivity index (χ0v) is 13.4. The molecule has 0 bridgehead atoms. The van der Waals surface area contributed by atoms with Gasteiger partial charge in [-0.25, -0.2) is 14.5 Å². The van der Waals surface area contributed by atoms with Crippen LogP contribution in [0, 0.1) is 0 Å². The van der Waals surface area contributed by atoms with Crippen molar-refractivity contribution < 1.29 is 38.9 Å². The van der Waals surface area contributed by atoms with Gasteiger partial charge < -0.3 is 34.8 Å². The van der Waals surface area contributed by atoms with Crippen LogP contribution in [0.5, 0.6) is 0 Å². The number of phosphoric acid groups is 1. The number of imidazole rings is 1. The topological polar surface area (TPSA) is 200 Å². The van der Waals surface area contributed by atoms with E-state index in [1.54, 1.807) is 0 Å². The van der Waals surface area contributed by atoms with Crippen LogP contribution in [0.2, 0.25) is 0 Å². The molecule has 1 saturated heterocycles. The molecular formula is C11H15N4O9P. The Bertz CT molecular complexity index is 876. The molecule has 1 aliphatic rings. The van der Waals surface area contributed by atoms with Crippen LogP contribution in [-0.2, 0) is 20.4 Å². The molecule has 4 unspecified atom stereocenters. The number of hydrogen-bond donors (Lipinski definition) is 6. The quantitative estimate of drug-likeness (QED) is 0.297. The largest absolute Gasteiger partial charge is 0.469 e. The number of phosphoric ester groups is 1. The van der Waals surface area contributed by atoms with Gasteiger partial charge in [0.25, 0.3) is 5.56 Å². The molecule has 0 spiro atoms. The third-order valence-corrected chi connectivity index (χ3v) is 4.13. The molecule has 3 rings (SSSR count). The van der Waals surface area contributed by atoms with Gasteiger partial charge in [-0.05, 0) is 0 Å². The van der Waals surface area contributed by atoms with Crippen LogP contribution in [0.15, 0.2) is 11.1 Å². The molecule has 0 radical (unpaired) electrons. The highest BCUT2D eigenvalue weighted by Gasteiger charge is 2.45. The van der Waals surface area contributed by atoms with E-state index in [9.17, 15) is 19.6 Å². The first-order valence-corrected chi connectivity index (χ1v) is 8.52. The maximum atomic E-state index is 11.9. The molecule has 13 nitrogen and oxygen atoms in total. The standard InChI is InChI=1S/C11H15N4O9P/c16-1-5-13-9-6(10(19)14-5)12-3-15(9)11-8(18)7(17)4(24-11)2-23-25(20,21)22/h3-4,7-8,11,16-18H,1-2H2,(H,13,14,19)(H2,20,21,22). The van der Waals surface area contributed by atoms with E-state index in [1.165, 1.54) is 4.57 Å². The molecule has 14 heteroatoms. The fraction of sp³-hybridized carbons (Fsp3) is 0.545. The Morgan fingerprint density at radius 3 is 2.72 bits per heavy atom. The van der Waals surface area contributed by atoms with Crippen LogP contribution in [0.4, 0.5) is 0 Å². The first-order valence-electron chi connectivity index (χ1n) is 6.99. The van der Waals surface area contributed by atoms with E-state index < -0.39 is 51.1 Å². The molecule has 0 amide bonds. The second kappa shape index (κ2) is 6.55. The van der Waals surface area contributed by atoms with Crippen molar-refractivity contribution in [1.82, 2.24) is 19.5 Å². The summed E-state index contributed by atoms with van der Waals surface area (Å²) >= 11 is 0. The summed E-state index contributed by atoms with van der Waals surface area (Å²) < 4.78 is 21.6. The number of aliphatic hydroxyl groups is 3. The number of H-pyrrole nitrogens is 1. The van der Waals surface area contributed by atoms with Crippen molar-refractivity contribution in [2.75, 3.05) is 6.61 Å². The lowest BCUT2D eigenvalue weighted by molar-refractivity contribution is -0.0504. The fourth-order valence-electron chi connectivity index (χ4n) is 2.50. The number of hydrogen-bond acceptors (Lipinski definition) is 9. The maximum Gasteiger partial charge on any atom is 0.469 e. The molecule has 25 heavy (non-hydrogen) atoms. The van der Waals surface area contributed by atoms with Crippen molar-refractivity contribution in [2.24, 2.45) is 0 Å². The Morgan fingerprint density at radius 2 is 2.08 bits per heavy atom. The van der Waals surface area contributed by atoms with Crippen molar-refractivity contribution in [2.45, 2.75) is 31.1 Å².